The van der Waals surface area contributed by atoms with Gasteiger partial charge in [0.2, 0.25) is 0 Å². The Kier molecular flexibility index (Phi) is 12.5. The van der Waals surface area contributed by atoms with Crippen LogP contribution in [0.5, 0.6) is 0 Å². The number of benzene rings is 2. The first-order valence-electron chi connectivity index (χ1n) is 16.5. The van der Waals surface area contributed by atoms with Gasteiger partial charge in [-0.2, -0.15) is 0 Å². The normalized spacial score (nSPS) is 14.1. The first-order chi connectivity index (χ1) is 19.1. The predicted molar refractivity (Wildman–Crippen MR) is 186 cm³/mol. The standard InChI is InChI=1S/C38H65O3P/c1-14-15-16-17-18-19-20-25-42(39,40)41-34(30-23-21-28(35(2,3)4)26-32(30)37(8,9)10)31-24-22-29(36(5,6)7)27-33(31)38(11,12)13/h21-24,26-27,34,39-40,42H,14-20,25H2,1-13H3. The van der Waals surface area contributed by atoms with Crippen LogP contribution in [0.25, 0.3) is 0 Å². The van der Waals surface area contributed by atoms with Crippen LogP contribution in [-0.4, -0.2) is 15.9 Å². The van der Waals surface area contributed by atoms with E-state index < -0.39 is 14.0 Å². The van der Waals surface area contributed by atoms with Gasteiger partial charge in [-0.05, 0) is 0 Å². The molecule has 0 unspecified atom stereocenters. The minimum atomic E-state index is -3.97. The molecule has 0 bridgehead atoms. The Balaban J connectivity index is 2.67. The summed E-state index contributed by atoms with van der Waals surface area (Å²) in [5.41, 5.74) is 6.70. The van der Waals surface area contributed by atoms with Gasteiger partial charge in [-0.15, -0.1) is 0 Å². The fourth-order valence-corrected chi connectivity index (χ4v) is 7.12. The van der Waals surface area contributed by atoms with E-state index in [4.69, 9.17) is 4.52 Å². The van der Waals surface area contributed by atoms with Gasteiger partial charge in [0.15, 0.2) is 0 Å². The van der Waals surface area contributed by atoms with Crippen LogP contribution >= 0.6 is 7.94 Å². The maximum absolute atomic E-state index is 11.5. The van der Waals surface area contributed by atoms with Crippen molar-refractivity contribution >= 4 is 7.94 Å². The van der Waals surface area contributed by atoms with Crippen LogP contribution in [0.3, 0.4) is 0 Å². The van der Waals surface area contributed by atoms with Gasteiger partial charge in [0, 0.05) is 0 Å². The Morgan fingerprint density at radius 3 is 1.31 bits per heavy atom. The Hall–Kier alpha value is -1.25. The van der Waals surface area contributed by atoms with Crippen LogP contribution in [0, 0.1) is 0 Å². The van der Waals surface area contributed by atoms with Gasteiger partial charge in [-0.1, -0.05) is 0 Å². The zero-order valence-corrected chi connectivity index (χ0v) is 30.5. The van der Waals surface area contributed by atoms with Crippen molar-refractivity contribution in [2.24, 2.45) is 0 Å². The van der Waals surface area contributed by atoms with Crippen LogP contribution < -0.4 is 0 Å². The van der Waals surface area contributed by atoms with E-state index in [1.54, 1.807) is 0 Å². The van der Waals surface area contributed by atoms with Crippen LogP contribution in [-0.2, 0) is 26.2 Å². The molecule has 0 spiro atoms. The van der Waals surface area contributed by atoms with E-state index in [-0.39, 0.29) is 21.7 Å². The summed E-state index contributed by atoms with van der Waals surface area (Å²) in [6.07, 6.45) is 7.67. The van der Waals surface area contributed by atoms with Gasteiger partial charge in [-0.25, -0.2) is 0 Å². The molecule has 0 saturated heterocycles. The molecule has 42 heavy (non-hydrogen) atoms. The predicted octanol–water partition coefficient (Wildman–Crippen LogP) is 11.2. The van der Waals surface area contributed by atoms with Gasteiger partial charge in [-0.3, -0.25) is 0 Å². The van der Waals surface area contributed by atoms with E-state index in [0.717, 1.165) is 30.4 Å². The zero-order chi connectivity index (χ0) is 32.1. The summed E-state index contributed by atoms with van der Waals surface area (Å²) in [5, 5.41) is 0. The third-order valence-corrected chi connectivity index (χ3v) is 10.1. The van der Waals surface area contributed by atoms with Crippen molar-refractivity contribution < 1.29 is 14.3 Å². The Bertz CT molecular complexity index is 1060. The molecule has 0 aliphatic carbocycles. The minimum absolute atomic E-state index is 0.00338. The molecule has 0 aromatic heterocycles. The van der Waals surface area contributed by atoms with Crippen LogP contribution in [0.1, 0.15) is 174 Å². The SMILES string of the molecule is CCCCCCCCC[PH](O)(O)OC(c1ccc(C(C)(C)C)cc1C(C)(C)C)c1ccc(C(C)(C)C)cc1C(C)(C)C. The molecule has 2 aromatic carbocycles. The molecule has 0 aliphatic rings. The Labute approximate surface area is 260 Å². The number of hydrogen-bond acceptors (Lipinski definition) is 3. The average molecular weight is 601 g/mol. The van der Waals surface area contributed by atoms with Crippen molar-refractivity contribution in [1.82, 2.24) is 0 Å². The third-order valence-electron chi connectivity index (χ3n) is 8.43. The molecule has 0 atom stereocenters. The quantitative estimate of drug-likeness (QED) is 0.188. The van der Waals surface area contributed by atoms with Gasteiger partial charge in [0.25, 0.3) is 0 Å². The van der Waals surface area contributed by atoms with E-state index in [9.17, 15) is 9.79 Å². The van der Waals surface area contributed by atoms with Crippen molar-refractivity contribution in [1.29, 1.82) is 0 Å². The fraction of sp³-hybridized carbons (Fsp3) is 0.684. The molecule has 0 heterocycles. The second kappa shape index (κ2) is 14.2. The molecule has 0 amide bonds. The van der Waals surface area contributed by atoms with E-state index in [1.807, 2.05) is 0 Å². The summed E-state index contributed by atoms with van der Waals surface area (Å²) in [6, 6.07) is 13.4. The summed E-state index contributed by atoms with van der Waals surface area (Å²) in [7, 11) is -3.97. The molecule has 0 saturated carbocycles. The van der Waals surface area contributed by atoms with Crippen molar-refractivity contribution in [2.75, 3.05) is 6.16 Å². The average Bonchev–Trinajstić information content (AvgIpc) is 2.84. The monoisotopic (exact) mass is 600 g/mol. The Morgan fingerprint density at radius 1 is 0.571 bits per heavy atom. The first-order valence-corrected chi connectivity index (χ1v) is 18.5. The maximum atomic E-state index is 11.5. The van der Waals surface area contributed by atoms with Crippen molar-refractivity contribution in [3.63, 3.8) is 0 Å². The van der Waals surface area contributed by atoms with Gasteiger partial charge in [0.1, 0.15) is 0 Å². The third kappa shape index (κ3) is 10.7. The van der Waals surface area contributed by atoms with Crippen molar-refractivity contribution in [3.05, 3.63) is 69.8 Å². The summed E-state index contributed by atoms with van der Waals surface area (Å²) >= 11 is 0. The summed E-state index contributed by atoms with van der Waals surface area (Å²) in [4.78, 5) is 23.0. The summed E-state index contributed by atoms with van der Waals surface area (Å²) in [6.45, 7) is 29.1. The molecule has 0 fully saturated rings. The van der Waals surface area contributed by atoms with E-state index in [1.165, 1.54) is 47.9 Å². The molecule has 2 N–H and O–H groups in total. The van der Waals surface area contributed by atoms with Gasteiger partial charge in [0.05, 0.1) is 0 Å². The van der Waals surface area contributed by atoms with E-state index in [0.29, 0.717) is 6.16 Å². The molecule has 4 heteroatoms. The van der Waals surface area contributed by atoms with Crippen molar-refractivity contribution in [2.45, 2.75) is 163 Å². The molecule has 2 aromatic rings. The number of hydrogen-bond donors (Lipinski definition) is 2. The topological polar surface area (TPSA) is 49.7 Å². The molecule has 0 radical (unpaired) electrons. The van der Waals surface area contributed by atoms with E-state index >= 15 is 0 Å². The Morgan fingerprint density at radius 2 is 0.952 bits per heavy atom. The molecule has 2 rings (SSSR count). The van der Waals surface area contributed by atoms with E-state index in [2.05, 4.69) is 126 Å². The second-order valence-electron chi connectivity index (χ2n) is 16.7. The summed E-state index contributed by atoms with van der Waals surface area (Å²) < 4.78 is 6.63. The second-order valence-corrected chi connectivity index (χ2v) is 18.9. The number of unbranched alkanes of at least 4 members (excludes halogenated alkanes) is 6. The summed E-state index contributed by atoms with van der Waals surface area (Å²) in [5.74, 6) is 0. The fourth-order valence-electron chi connectivity index (χ4n) is 5.66. The molecule has 240 valence electrons. The van der Waals surface area contributed by atoms with Crippen LogP contribution in [0.2, 0.25) is 0 Å². The molecule has 3 nitrogen and oxygen atoms in total. The van der Waals surface area contributed by atoms with Crippen LogP contribution in [0.4, 0.5) is 0 Å². The first kappa shape index (κ1) is 36.9. The number of rotatable bonds is 12. The van der Waals surface area contributed by atoms with Crippen molar-refractivity contribution in [3.8, 4) is 0 Å². The van der Waals surface area contributed by atoms with Gasteiger partial charge >= 0.3 is 261 Å². The van der Waals surface area contributed by atoms with Crippen LogP contribution in [0.15, 0.2) is 36.4 Å². The zero-order valence-electron chi connectivity index (χ0n) is 29.5. The molecular formula is C38H65O3P. The molecule has 0 aliphatic heterocycles. The molecular weight excluding hydrogens is 535 g/mol. The van der Waals surface area contributed by atoms with Gasteiger partial charge < -0.3 is 0 Å².